The third-order valence-electron chi connectivity index (χ3n) is 4.12. The molecule has 1 aliphatic carbocycles. The summed E-state index contributed by atoms with van der Waals surface area (Å²) in [4.78, 5) is 35.3. The van der Waals surface area contributed by atoms with E-state index in [1.807, 2.05) is 0 Å². The molecule has 0 saturated heterocycles. The highest BCUT2D eigenvalue weighted by atomic mass is 16.5. The number of nitrogens with one attached hydrogen (secondary N) is 1. The van der Waals surface area contributed by atoms with Crippen LogP contribution in [-0.2, 0) is 14.3 Å². The summed E-state index contributed by atoms with van der Waals surface area (Å²) in [6.07, 6.45) is 0.951. The fourth-order valence-corrected chi connectivity index (χ4v) is 2.60. The number of benzene rings is 1. The molecule has 0 aliphatic heterocycles. The molecule has 130 valence electrons. The summed E-state index contributed by atoms with van der Waals surface area (Å²) in [5, 5.41) is 11.7. The van der Waals surface area contributed by atoms with Crippen LogP contribution in [0.25, 0.3) is 0 Å². The smallest absolute Gasteiger partial charge is 0.340 e. The Bertz CT molecular complexity index is 671. The maximum Gasteiger partial charge on any atom is 0.340 e. The number of ether oxygens (including phenoxy) is 3. The summed E-state index contributed by atoms with van der Waals surface area (Å²) in [5.41, 5.74) is 0.273. The first-order valence-electron chi connectivity index (χ1n) is 7.30. The SMILES string of the molecule is COC(=O)c1cc(OC)c(OC)cc1NC(=O)[C@H]1CC[C@H]1C(=O)O. The van der Waals surface area contributed by atoms with Crippen LogP contribution in [0, 0.1) is 11.8 Å². The fourth-order valence-electron chi connectivity index (χ4n) is 2.60. The predicted molar refractivity (Wildman–Crippen MR) is 83.4 cm³/mol. The molecule has 1 aromatic rings. The second-order valence-corrected chi connectivity index (χ2v) is 5.36. The molecule has 0 bridgehead atoms. The zero-order valence-electron chi connectivity index (χ0n) is 13.6. The Labute approximate surface area is 138 Å². The summed E-state index contributed by atoms with van der Waals surface area (Å²) in [7, 11) is 4.06. The molecule has 0 aromatic heterocycles. The van der Waals surface area contributed by atoms with Crippen LogP contribution in [0.1, 0.15) is 23.2 Å². The minimum absolute atomic E-state index is 0.0923. The highest BCUT2D eigenvalue weighted by molar-refractivity contribution is 6.03. The Kier molecular flexibility index (Phi) is 5.28. The standard InChI is InChI=1S/C16H19NO7/c1-22-12-6-10(16(21)24-3)11(7-13(12)23-2)17-14(18)8-4-5-9(8)15(19)20/h6-9H,4-5H2,1-3H3,(H,17,18)(H,19,20)/t8-,9+/m0/s1. The topological polar surface area (TPSA) is 111 Å². The molecule has 0 spiro atoms. The van der Waals surface area contributed by atoms with E-state index in [0.29, 0.717) is 24.3 Å². The van der Waals surface area contributed by atoms with Crippen LogP contribution in [0.4, 0.5) is 5.69 Å². The number of aliphatic carboxylic acids is 1. The number of carbonyl (C=O) groups excluding carboxylic acids is 2. The monoisotopic (exact) mass is 337 g/mol. The first-order valence-corrected chi connectivity index (χ1v) is 7.30. The number of hydrogen-bond donors (Lipinski definition) is 2. The van der Waals surface area contributed by atoms with Crippen molar-refractivity contribution >= 4 is 23.5 Å². The summed E-state index contributed by atoms with van der Waals surface area (Å²) >= 11 is 0. The molecule has 1 aliphatic rings. The van der Waals surface area contributed by atoms with Gasteiger partial charge in [0.2, 0.25) is 5.91 Å². The average molecular weight is 337 g/mol. The fraction of sp³-hybridized carbons (Fsp3) is 0.438. The van der Waals surface area contributed by atoms with Crippen LogP contribution < -0.4 is 14.8 Å². The van der Waals surface area contributed by atoms with Gasteiger partial charge in [0.05, 0.1) is 44.4 Å². The van der Waals surface area contributed by atoms with Gasteiger partial charge in [-0.2, -0.15) is 0 Å². The molecule has 24 heavy (non-hydrogen) atoms. The number of esters is 1. The van der Waals surface area contributed by atoms with Crippen LogP contribution in [-0.4, -0.2) is 44.3 Å². The Balaban J connectivity index is 2.32. The van der Waals surface area contributed by atoms with Crippen molar-refractivity contribution in [1.29, 1.82) is 0 Å². The van der Waals surface area contributed by atoms with Crippen molar-refractivity contribution < 1.29 is 33.7 Å². The van der Waals surface area contributed by atoms with Gasteiger partial charge in [-0.1, -0.05) is 0 Å². The lowest BCUT2D eigenvalue weighted by atomic mass is 9.73. The molecular formula is C16H19NO7. The van der Waals surface area contributed by atoms with Crippen molar-refractivity contribution in [1.82, 2.24) is 0 Å². The maximum absolute atomic E-state index is 12.3. The molecule has 1 aromatic carbocycles. The second-order valence-electron chi connectivity index (χ2n) is 5.36. The van der Waals surface area contributed by atoms with Crippen molar-refractivity contribution in [3.63, 3.8) is 0 Å². The van der Waals surface area contributed by atoms with Gasteiger partial charge in [0.15, 0.2) is 11.5 Å². The van der Waals surface area contributed by atoms with E-state index in [0.717, 1.165) is 0 Å². The molecule has 0 unspecified atom stereocenters. The molecule has 2 N–H and O–H groups in total. The molecule has 1 amide bonds. The molecule has 0 heterocycles. The highest BCUT2D eigenvalue weighted by Crippen LogP contribution is 2.37. The van der Waals surface area contributed by atoms with E-state index in [1.165, 1.54) is 33.5 Å². The Hall–Kier alpha value is -2.77. The van der Waals surface area contributed by atoms with Gasteiger partial charge in [-0.25, -0.2) is 4.79 Å². The number of anilines is 1. The number of carboxylic acid groups (broad SMARTS) is 1. The van der Waals surface area contributed by atoms with E-state index in [1.54, 1.807) is 0 Å². The van der Waals surface area contributed by atoms with Crippen LogP contribution in [0.15, 0.2) is 12.1 Å². The van der Waals surface area contributed by atoms with Crippen molar-refractivity contribution in [2.24, 2.45) is 11.8 Å². The van der Waals surface area contributed by atoms with E-state index in [2.05, 4.69) is 5.32 Å². The minimum atomic E-state index is -0.998. The van der Waals surface area contributed by atoms with E-state index < -0.39 is 29.7 Å². The Morgan fingerprint density at radius 3 is 2.08 bits per heavy atom. The molecular weight excluding hydrogens is 318 g/mol. The molecule has 1 fully saturated rings. The summed E-state index contributed by atoms with van der Waals surface area (Å²) in [5.74, 6) is -2.80. The van der Waals surface area contributed by atoms with Gasteiger partial charge < -0.3 is 24.6 Å². The van der Waals surface area contributed by atoms with E-state index in [-0.39, 0.29) is 11.3 Å². The minimum Gasteiger partial charge on any atom is -0.493 e. The number of rotatable bonds is 6. The molecule has 2 atom stereocenters. The van der Waals surface area contributed by atoms with Crippen molar-refractivity contribution in [3.8, 4) is 11.5 Å². The van der Waals surface area contributed by atoms with Gasteiger partial charge in [0.25, 0.3) is 0 Å². The number of carboxylic acids is 1. The largest absolute Gasteiger partial charge is 0.493 e. The second kappa shape index (κ2) is 7.20. The van der Waals surface area contributed by atoms with Crippen LogP contribution in [0.2, 0.25) is 0 Å². The van der Waals surface area contributed by atoms with E-state index in [4.69, 9.17) is 19.3 Å². The van der Waals surface area contributed by atoms with Crippen molar-refractivity contribution in [2.45, 2.75) is 12.8 Å². The van der Waals surface area contributed by atoms with Crippen LogP contribution in [0.5, 0.6) is 11.5 Å². The van der Waals surface area contributed by atoms with E-state index >= 15 is 0 Å². The van der Waals surface area contributed by atoms with Gasteiger partial charge in [-0.3, -0.25) is 9.59 Å². The lowest BCUT2D eigenvalue weighted by Crippen LogP contribution is -2.41. The van der Waals surface area contributed by atoms with Crippen LogP contribution >= 0.6 is 0 Å². The van der Waals surface area contributed by atoms with Gasteiger partial charge in [0.1, 0.15) is 0 Å². The van der Waals surface area contributed by atoms with Gasteiger partial charge in [0, 0.05) is 12.1 Å². The number of hydrogen-bond acceptors (Lipinski definition) is 6. The Morgan fingerprint density at radius 2 is 1.62 bits per heavy atom. The zero-order valence-corrected chi connectivity index (χ0v) is 13.6. The molecule has 0 radical (unpaired) electrons. The van der Waals surface area contributed by atoms with Crippen LogP contribution in [0.3, 0.4) is 0 Å². The lowest BCUT2D eigenvalue weighted by Gasteiger charge is -2.32. The number of methoxy groups -OCH3 is 3. The van der Waals surface area contributed by atoms with E-state index in [9.17, 15) is 14.4 Å². The third-order valence-corrected chi connectivity index (χ3v) is 4.12. The molecule has 8 heteroatoms. The van der Waals surface area contributed by atoms with Crippen molar-refractivity contribution in [2.75, 3.05) is 26.6 Å². The Morgan fingerprint density at radius 1 is 1.04 bits per heavy atom. The lowest BCUT2D eigenvalue weighted by molar-refractivity contribution is -0.151. The molecule has 2 rings (SSSR count). The quantitative estimate of drug-likeness (QED) is 0.757. The summed E-state index contributed by atoms with van der Waals surface area (Å²) in [6, 6.07) is 2.84. The predicted octanol–water partition coefficient (Wildman–Crippen LogP) is 1.54. The maximum atomic E-state index is 12.3. The van der Waals surface area contributed by atoms with Gasteiger partial charge >= 0.3 is 11.9 Å². The van der Waals surface area contributed by atoms with Crippen molar-refractivity contribution in [3.05, 3.63) is 17.7 Å². The first-order chi connectivity index (χ1) is 11.4. The number of amides is 1. The third kappa shape index (κ3) is 3.27. The summed E-state index contributed by atoms with van der Waals surface area (Å²) < 4.78 is 15.0. The first kappa shape index (κ1) is 17.6. The van der Waals surface area contributed by atoms with Gasteiger partial charge in [-0.05, 0) is 12.8 Å². The zero-order chi connectivity index (χ0) is 17.9. The number of carbonyl (C=O) groups is 3. The van der Waals surface area contributed by atoms with Gasteiger partial charge in [-0.15, -0.1) is 0 Å². The highest BCUT2D eigenvalue weighted by Gasteiger charge is 2.41. The molecule has 1 saturated carbocycles. The normalized spacial score (nSPS) is 19.0. The summed E-state index contributed by atoms with van der Waals surface area (Å²) in [6.45, 7) is 0. The molecule has 8 nitrogen and oxygen atoms in total. The average Bonchev–Trinajstić information content (AvgIpc) is 2.51.